The second-order valence-electron chi connectivity index (χ2n) is 7.67. The summed E-state index contributed by atoms with van der Waals surface area (Å²) in [6.07, 6.45) is 0.166. The van der Waals surface area contributed by atoms with Crippen LogP contribution in [0.3, 0.4) is 0 Å². The minimum Gasteiger partial charge on any atom is -0.508 e. The fraction of sp³-hybridized carbons (Fsp3) is 0.364. The fourth-order valence-electron chi connectivity index (χ4n) is 2.12. The van der Waals surface area contributed by atoms with Crippen LogP contribution in [-0.4, -0.2) is 73.0 Å². The van der Waals surface area contributed by atoms with E-state index >= 15 is 0 Å². The van der Waals surface area contributed by atoms with E-state index in [-0.39, 0.29) is 32.0 Å². The average Bonchev–Trinajstić information content (AvgIpc) is 2.89. The topological polar surface area (TPSA) is 194 Å². The third kappa shape index (κ3) is 15.5. The zero-order valence-corrected chi connectivity index (χ0v) is 25.0. The number of methoxy groups -OCH3 is 2. The zero-order valence-electron chi connectivity index (χ0n) is 22.5. The van der Waals surface area contributed by atoms with Gasteiger partial charge in [0.25, 0.3) is 0 Å². The highest BCUT2D eigenvalue weighted by atomic mass is 32.3. The van der Waals surface area contributed by atoms with Gasteiger partial charge in [0.1, 0.15) is 11.5 Å². The smallest absolute Gasteiger partial charge is 0.508 e. The van der Waals surface area contributed by atoms with Gasteiger partial charge in [-0.15, -0.1) is 3.63 Å². The van der Waals surface area contributed by atoms with Gasteiger partial charge in [-0.2, -0.15) is 64.8 Å². The van der Waals surface area contributed by atoms with Gasteiger partial charge in [-0.05, 0) is 35.4 Å². The molecule has 270 valence electrons. The Kier molecular flexibility index (Phi) is 16.7. The number of phenolic OH excluding ortho intramolecular Hbond substituents is 1. The molecule has 47 heavy (non-hydrogen) atoms. The number of carbonyl (C=O) groups is 2. The molecule has 0 amide bonds. The van der Waals surface area contributed by atoms with Crippen molar-refractivity contribution in [3.63, 3.8) is 0 Å². The summed E-state index contributed by atoms with van der Waals surface area (Å²) in [5, 5.41) is 8.93. The molecule has 13 nitrogen and oxygen atoms in total. The van der Waals surface area contributed by atoms with Gasteiger partial charge in [-0.3, -0.25) is 9.59 Å². The van der Waals surface area contributed by atoms with Gasteiger partial charge in [-0.25, -0.2) is 0 Å². The molecule has 2 aromatic carbocycles. The summed E-state index contributed by atoms with van der Waals surface area (Å²) in [6, 6.07) is 11.0. The maximum Gasteiger partial charge on any atom is 0.534 e. The zero-order chi connectivity index (χ0) is 36.4. The molecule has 0 heterocycles. The number of aromatic hydroxyl groups is 1. The molecule has 0 aliphatic rings. The van der Waals surface area contributed by atoms with Gasteiger partial charge < -0.3 is 18.8 Å². The first-order valence-electron chi connectivity index (χ1n) is 10.9. The molecule has 0 fully saturated rings. The molecule has 2 aromatic rings. The van der Waals surface area contributed by atoms with E-state index < -0.39 is 58.6 Å². The van der Waals surface area contributed by atoms with Gasteiger partial charge in [0, 0.05) is 0 Å². The molecule has 0 saturated carbocycles. The number of halogens is 9. The highest BCUT2D eigenvalue weighted by molar-refractivity contribution is 8.00. The van der Waals surface area contributed by atoms with E-state index in [4.69, 9.17) is 5.11 Å². The molecule has 0 bridgehead atoms. The Morgan fingerprint density at radius 3 is 1.17 bits per heavy atom. The van der Waals surface area contributed by atoms with Crippen molar-refractivity contribution in [3.05, 3.63) is 59.7 Å². The maximum atomic E-state index is 12.0. The molecule has 0 atom stereocenters. The van der Waals surface area contributed by atoms with Crippen LogP contribution in [0.5, 0.6) is 11.5 Å². The van der Waals surface area contributed by atoms with Crippen LogP contribution in [0, 0.1) is 0 Å². The summed E-state index contributed by atoms with van der Waals surface area (Å²) in [6.45, 7) is 0. The largest absolute Gasteiger partial charge is 0.534 e. The molecule has 0 saturated heterocycles. The van der Waals surface area contributed by atoms with E-state index in [2.05, 4.69) is 13.7 Å². The van der Waals surface area contributed by atoms with E-state index in [9.17, 15) is 74.4 Å². The Labute approximate surface area is 261 Å². The number of hydrogen-bond donors (Lipinski definition) is 1. The summed E-state index contributed by atoms with van der Waals surface area (Å²) in [5.41, 5.74) is -16.7. The number of ether oxygens (including phenoxy) is 2. The molecular formula is C22H23F9O13S3. The van der Waals surface area contributed by atoms with Crippen molar-refractivity contribution < 1.29 is 96.7 Å². The third-order valence-corrected chi connectivity index (χ3v) is 7.79. The number of phenols is 1. The van der Waals surface area contributed by atoms with Gasteiger partial charge >= 0.3 is 58.8 Å². The molecule has 0 radical (unpaired) electrons. The van der Waals surface area contributed by atoms with Crippen LogP contribution >= 0.6 is 0 Å². The maximum absolute atomic E-state index is 12.0. The highest BCUT2D eigenvalue weighted by Gasteiger charge is 2.57. The lowest BCUT2D eigenvalue weighted by Crippen LogP contribution is -2.34. The van der Waals surface area contributed by atoms with E-state index in [0.717, 1.165) is 17.7 Å². The molecule has 0 aliphatic carbocycles. The van der Waals surface area contributed by atoms with Crippen LogP contribution in [0.1, 0.15) is 18.6 Å². The molecular weight excluding hydrogens is 739 g/mol. The lowest BCUT2D eigenvalue weighted by atomic mass is 10.1. The average molecular weight is 763 g/mol. The van der Waals surface area contributed by atoms with Crippen LogP contribution in [0.25, 0.3) is 0 Å². The Bertz CT molecular complexity index is 1590. The predicted octanol–water partition coefficient (Wildman–Crippen LogP) is 4.08. The highest BCUT2D eigenvalue weighted by Crippen LogP contribution is 2.32. The van der Waals surface area contributed by atoms with Crippen molar-refractivity contribution in [2.24, 2.45) is 0 Å². The number of benzene rings is 2. The van der Waals surface area contributed by atoms with Crippen LogP contribution in [0.4, 0.5) is 39.5 Å². The van der Waals surface area contributed by atoms with Crippen molar-refractivity contribution in [2.75, 3.05) is 14.2 Å². The van der Waals surface area contributed by atoms with Crippen LogP contribution < -0.4 is 4.18 Å². The summed E-state index contributed by atoms with van der Waals surface area (Å²) in [4.78, 5) is 21.7. The second-order valence-corrected chi connectivity index (χ2v) is 12.5. The Morgan fingerprint density at radius 1 is 0.596 bits per heavy atom. The molecule has 0 unspecified atom stereocenters. The van der Waals surface area contributed by atoms with Crippen LogP contribution in [0.2, 0.25) is 0 Å². The van der Waals surface area contributed by atoms with E-state index in [1.807, 2.05) is 3.63 Å². The first-order valence-corrected chi connectivity index (χ1v) is 15.2. The van der Waals surface area contributed by atoms with Crippen molar-refractivity contribution >= 4 is 42.3 Å². The van der Waals surface area contributed by atoms with Crippen molar-refractivity contribution in [3.8, 4) is 11.5 Å². The van der Waals surface area contributed by atoms with Crippen LogP contribution in [0.15, 0.2) is 48.5 Å². The number of esters is 2. The van der Waals surface area contributed by atoms with E-state index in [1.54, 1.807) is 12.1 Å². The molecule has 1 N–H and O–H groups in total. The molecule has 25 heteroatoms. The summed E-state index contributed by atoms with van der Waals surface area (Å²) in [5.74, 6) is -1.10. The number of alkyl halides is 9. The first kappa shape index (κ1) is 45.3. The van der Waals surface area contributed by atoms with Crippen LogP contribution in [-0.2, 0) is 65.9 Å². The van der Waals surface area contributed by atoms with Gasteiger partial charge in [0.15, 0.2) is 0 Å². The molecule has 0 aliphatic heterocycles. The minimum atomic E-state index is -6.85. The van der Waals surface area contributed by atoms with Gasteiger partial charge in [0.2, 0.25) is 0 Å². The quantitative estimate of drug-likeness (QED) is 0.175. The Morgan fingerprint density at radius 2 is 0.894 bits per heavy atom. The lowest BCUT2D eigenvalue weighted by molar-refractivity contribution is -0.140. The SMILES string of the molecule is C.COC(=O)Cc1ccc(O)cc1.COC(=O)Cc1ccc(OS(=O)(=O)C(F)(F)F)cc1.O=S(=O)(OS(=O)(=O)C(F)(F)F)C(F)(F)F. The first-order chi connectivity index (χ1) is 20.6. The predicted molar refractivity (Wildman–Crippen MR) is 139 cm³/mol. The summed E-state index contributed by atoms with van der Waals surface area (Å²) >= 11 is 0. The normalized spacial score (nSPS) is 12.1. The third-order valence-electron chi connectivity index (χ3n) is 4.25. The number of rotatable bonds is 8. The van der Waals surface area contributed by atoms with Crippen molar-refractivity contribution in [1.82, 2.24) is 0 Å². The molecule has 2 rings (SSSR count). The fourth-order valence-corrected chi connectivity index (χ4v) is 4.14. The minimum absolute atomic E-state index is 0. The summed E-state index contributed by atoms with van der Waals surface area (Å²) < 4.78 is 180. The number of hydrogen-bond acceptors (Lipinski definition) is 13. The Hall–Kier alpha value is -3.84. The van der Waals surface area contributed by atoms with E-state index in [1.165, 1.54) is 38.5 Å². The van der Waals surface area contributed by atoms with Gasteiger partial charge in [0.05, 0.1) is 27.1 Å². The van der Waals surface area contributed by atoms with E-state index in [0.29, 0.717) is 5.56 Å². The van der Waals surface area contributed by atoms with Crippen molar-refractivity contribution in [2.45, 2.75) is 36.8 Å². The lowest BCUT2D eigenvalue weighted by Gasteiger charge is -2.09. The number of carbonyl (C=O) groups excluding carboxylic acids is 2. The van der Waals surface area contributed by atoms with Crippen molar-refractivity contribution in [1.29, 1.82) is 0 Å². The Balaban J connectivity index is 0. The summed E-state index contributed by atoms with van der Waals surface area (Å²) in [7, 11) is -16.8. The standard InChI is InChI=1S/C10H9F3O5S.C9H10O3.C2F6O5S2.CH4/c1-17-9(14)6-7-2-4-8(5-3-7)18-19(15,16)10(11,12)13;1-12-9(11)6-7-2-4-8(10)5-3-7;3-1(4,5)14(9,10)13-15(11,12)2(6,7)8;/h2-5H,6H2,1H3;2-5,10H,6H2,1H3;;1H4. The second kappa shape index (κ2) is 17.4. The molecule has 0 spiro atoms. The molecule has 0 aromatic heterocycles. The van der Waals surface area contributed by atoms with Gasteiger partial charge in [-0.1, -0.05) is 31.7 Å². The monoisotopic (exact) mass is 762 g/mol.